The average Bonchev–Trinajstić information content (AvgIpc) is 2.91. The van der Waals surface area contributed by atoms with E-state index in [1.165, 1.54) is 11.1 Å². The van der Waals surface area contributed by atoms with Crippen molar-refractivity contribution in [3.05, 3.63) is 63.8 Å². The van der Waals surface area contributed by atoms with Gasteiger partial charge in [0.15, 0.2) is 0 Å². The van der Waals surface area contributed by atoms with Gasteiger partial charge in [-0.1, -0.05) is 36.2 Å². The van der Waals surface area contributed by atoms with E-state index in [-0.39, 0.29) is 19.2 Å². The monoisotopic (exact) mass is 541 g/mol. The van der Waals surface area contributed by atoms with Crippen LogP contribution in [0.15, 0.2) is 42.6 Å². The first-order valence-corrected chi connectivity index (χ1v) is 13.0. The fourth-order valence-corrected chi connectivity index (χ4v) is 5.43. The number of nitrogens with zero attached hydrogens (tertiary/aromatic N) is 5. The number of carbonyl (C=O) groups excluding carboxylic acids is 1. The van der Waals surface area contributed by atoms with Crippen molar-refractivity contribution < 1.29 is 9.90 Å². The highest BCUT2D eigenvalue weighted by Crippen LogP contribution is 2.37. The standard InChI is InChI=1S/C26H29Cl2N7O2/c1-3-17-13-34(10-9-29-17)22-8-7-18(11-16(22)14-36)31-26-30-12-19-24(32-26)33(2)15-35(25(19)37)23-20(27)5-4-6-21(23)28/h4-8,11-12,17,29,36H,3,9-10,13-15H2,1-2H3,(H,30,31,32)/t17-/m0/s1. The molecule has 1 saturated heterocycles. The second-order valence-corrected chi connectivity index (χ2v) is 10.0. The van der Waals surface area contributed by atoms with E-state index in [9.17, 15) is 9.90 Å². The molecule has 3 heterocycles. The molecule has 9 nitrogen and oxygen atoms in total. The van der Waals surface area contributed by atoms with Crippen LogP contribution in [0.2, 0.25) is 10.0 Å². The van der Waals surface area contributed by atoms with Crippen LogP contribution in [-0.4, -0.2) is 60.4 Å². The molecule has 0 unspecified atom stereocenters. The topological polar surface area (TPSA) is 96.9 Å². The fourth-order valence-electron chi connectivity index (χ4n) is 4.83. The van der Waals surface area contributed by atoms with E-state index in [1.807, 2.05) is 30.1 Å². The SMILES string of the molecule is CC[C@H]1CN(c2ccc(Nc3ncc4c(n3)N(C)CN(c3c(Cl)cccc3Cl)C4=O)cc2CO)CCN1. The lowest BCUT2D eigenvalue weighted by atomic mass is 10.1. The molecule has 2 aromatic carbocycles. The molecule has 0 saturated carbocycles. The van der Waals surface area contributed by atoms with E-state index in [0.717, 1.165) is 43.0 Å². The summed E-state index contributed by atoms with van der Waals surface area (Å²) in [6.45, 7) is 5.04. The highest BCUT2D eigenvalue weighted by molar-refractivity contribution is 6.40. The van der Waals surface area contributed by atoms with Gasteiger partial charge in [0.05, 0.1) is 29.0 Å². The Hall–Kier alpha value is -3.11. The Morgan fingerprint density at radius 3 is 2.73 bits per heavy atom. The van der Waals surface area contributed by atoms with Crippen molar-refractivity contribution in [3.63, 3.8) is 0 Å². The third-order valence-corrected chi connectivity index (χ3v) is 7.37. The van der Waals surface area contributed by atoms with E-state index in [4.69, 9.17) is 23.2 Å². The first-order chi connectivity index (χ1) is 17.9. The minimum atomic E-state index is -0.275. The van der Waals surface area contributed by atoms with E-state index in [0.29, 0.717) is 39.1 Å². The van der Waals surface area contributed by atoms with Gasteiger partial charge in [0.1, 0.15) is 11.4 Å². The van der Waals surface area contributed by atoms with Crippen LogP contribution in [0.3, 0.4) is 0 Å². The molecule has 194 valence electrons. The quantitative estimate of drug-likeness (QED) is 0.425. The number of aliphatic hydroxyl groups excluding tert-OH is 1. The van der Waals surface area contributed by atoms with Gasteiger partial charge in [0.2, 0.25) is 5.95 Å². The molecule has 1 atom stereocenters. The number of hydrogen-bond donors (Lipinski definition) is 3. The zero-order chi connectivity index (χ0) is 26.1. The number of aromatic nitrogens is 2. The molecule has 3 N–H and O–H groups in total. The van der Waals surface area contributed by atoms with Gasteiger partial charge in [-0.15, -0.1) is 0 Å². The number of aliphatic hydroxyl groups is 1. The molecule has 0 spiro atoms. The Bertz CT molecular complexity index is 1300. The number of amides is 1. The van der Waals surface area contributed by atoms with Gasteiger partial charge in [-0.3, -0.25) is 9.69 Å². The van der Waals surface area contributed by atoms with Crippen molar-refractivity contribution >= 4 is 57.9 Å². The van der Waals surface area contributed by atoms with Crippen LogP contribution in [0, 0.1) is 0 Å². The number of para-hydroxylation sites is 1. The van der Waals surface area contributed by atoms with Gasteiger partial charge in [-0.2, -0.15) is 4.98 Å². The first-order valence-electron chi connectivity index (χ1n) is 12.2. The van der Waals surface area contributed by atoms with Crippen molar-refractivity contribution in [2.45, 2.75) is 26.0 Å². The summed E-state index contributed by atoms with van der Waals surface area (Å²) >= 11 is 12.7. The van der Waals surface area contributed by atoms with Gasteiger partial charge in [0, 0.05) is 55.9 Å². The minimum Gasteiger partial charge on any atom is -0.392 e. The van der Waals surface area contributed by atoms with Crippen molar-refractivity contribution in [2.75, 3.05) is 53.4 Å². The maximum Gasteiger partial charge on any atom is 0.265 e. The summed E-state index contributed by atoms with van der Waals surface area (Å²) in [6, 6.07) is 11.5. The largest absolute Gasteiger partial charge is 0.392 e. The van der Waals surface area contributed by atoms with Crippen LogP contribution in [0.25, 0.3) is 0 Å². The molecule has 0 aliphatic carbocycles. The van der Waals surface area contributed by atoms with Crippen molar-refractivity contribution in [1.82, 2.24) is 15.3 Å². The summed E-state index contributed by atoms with van der Waals surface area (Å²) in [5.74, 6) is 0.586. The van der Waals surface area contributed by atoms with Crippen LogP contribution in [0.5, 0.6) is 0 Å². The zero-order valence-electron chi connectivity index (χ0n) is 20.7. The molecule has 0 radical (unpaired) electrons. The maximum absolute atomic E-state index is 13.3. The predicted octanol–water partition coefficient (Wildman–Crippen LogP) is 4.26. The highest BCUT2D eigenvalue weighted by Gasteiger charge is 2.32. The Balaban J connectivity index is 1.38. The molecule has 11 heteroatoms. The third-order valence-electron chi connectivity index (χ3n) is 6.76. The van der Waals surface area contributed by atoms with Crippen molar-refractivity contribution in [1.29, 1.82) is 0 Å². The Morgan fingerprint density at radius 1 is 1.22 bits per heavy atom. The lowest BCUT2D eigenvalue weighted by Crippen LogP contribution is -2.50. The Kier molecular flexibility index (Phi) is 7.39. The molecular weight excluding hydrogens is 513 g/mol. The molecule has 2 aliphatic rings. The molecule has 1 aromatic heterocycles. The fraction of sp³-hybridized carbons (Fsp3) is 0.346. The average molecular weight is 542 g/mol. The molecular formula is C26H29Cl2N7O2. The van der Waals surface area contributed by atoms with Crippen molar-refractivity contribution in [3.8, 4) is 0 Å². The van der Waals surface area contributed by atoms with Gasteiger partial charge < -0.3 is 25.5 Å². The predicted molar refractivity (Wildman–Crippen MR) is 149 cm³/mol. The number of anilines is 5. The second-order valence-electron chi connectivity index (χ2n) is 9.21. The van der Waals surface area contributed by atoms with E-state index >= 15 is 0 Å². The number of benzene rings is 2. The molecule has 3 aromatic rings. The first kappa shape index (κ1) is 25.5. The molecule has 5 rings (SSSR count). The number of piperazine rings is 1. The summed E-state index contributed by atoms with van der Waals surface area (Å²) in [5, 5.41) is 17.6. The smallest absolute Gasteiger partial charge is 0.265 e. The Morgan fingerprint density at radius 2 is 2.00 bits per heavy atom. The molecule has 37 heavy (non-hydrogen) atoms. The van der Waals surface area contributed by atoms with Crippen LogP contribution in [0.4, 0.5) is 28.8 Å². The third kappa shape index (κ3) is 5.04. The number of hydrogen-bond acceptors (Lipinski definition) is 8. The van der Waals surface area contributed by atoms with Gasteiger partial charge in [-0.05, 0) is 36.8 Å². The second kappa shape index (κ2) is 10.7. The summed E-state index contributed by atoms with van der Waals surface area (Å²) in [7, 11) is 1.84. The lowest BCUT2D eigenvalue weighted by Gasteiger charge is -2.36. The Labute approximate surface area is 226 Å². The van der Waals surface area contributed by atoms with Gasteiger partial charge in [0.25, 0.3) is 5.91 Å². The molecule has 2 aliphatic heterocycles. The molecule has 1 amide bonds. The van der Waals surface area contributed by atoms with Crippen LogP contribution in [0.1, 0.15) is 29.3 Å². The van der Waals surface area contributed by atoms with E-state index in [1.54, 1.807) is 18.2 Å². The van der Waals surface area contributed by atoms with Crippen molar-refractivity contribution in [2.24, 2.45) is 0 Å². The number of fused-ring (bicyclic) bond motifs is 1. The summed E-state index contributed by atoms with van der Waals surface area (Å²) in [4.78, 5) is 28.0. The molecule has 1 fully saturated rings. The number of rotatable bonds is 6. The van der Waals surface area contributed by atoms with Gasteiger partial charge >= 0.3 is 0 Å². The van der Waals surface area contributed by atoms with Crippen LogP contribution >= 0.6 is 23.2 Å². The van der Waals surface area contributed by atoms with Crippen LogP contribution < -0.4 is 25.3 Å². The lowest BCUT2D eigenvalue weighted by molar-refractivity contribution is 0.0982. The number of carbonyl (C=O) groups is 1. The summed E-state index contributed by atoms with van der Waals surface area (Å²) in [6.07, 6.45) is 2.56. The van der Waals surface area contributed by atoms with Crippen LogP contribution in [-0.2, 0) is 6.61 Å². The summed E-state index contributed by atoms with van der Waals surface area (Å²) < 4.78 is 0. The van der Waals surface area contributed by atoms with Gasteiger partial charge in [-0.25, -0.2) is 4.98 Å². The highest BCUT2D eigenvalue weighted by atomic mass is 35.5. The van der Waals surface area contributed by atoms with E-state index < -0.39 is 0 Å². The van der Waals surface area contributed by atoms with E-state index in [2.05, 4.69) is 32.4 Å². The normalized spacial score (nSPS) is 17.7. The molecule has 0 bridgehead atoms. The number of nitrogens with one attached hydrogen (secondary N) is 2. The zero-order valence-corrected chi connectivity index (χ0v) is 22.2. The minimum absolute atomic E-state index is 0.0751. The summed E-state index contributed by atoms with van der Waals surface area (Å²) in [5.41, 5.74) is 3.43. The maximum atomic E-state index is 13.3. The number of halogens is 2.